The van der Waals surface area contributed by atoms with Crippen molar-refractivity contribution in [2.75, 3.05) is 0 Å². The fraction of sp³-hybridized carbons (Fsp3) is 0.438. The Kier molecular flexibility index (Phi) is 9.27. The van der Waals surface area contributed by atoms with Crippen LogP contribution in [-0.4, -0.2) is 33.2 Å². The summed E-state index contributed by atoms with van der Waals surface area (Å²) in [4.78, 5) is 16.4. The third-order valence-electron chi connectivity index (χ3n) is 4.09. The van der Waals surface area contributed by atoms with Gasteiger partial charge in [0.05, 0.1) is 0 Å². The van der Waals surface area contributed by atoms with Gasteiger partial charge in [0, 0.05) is 23.4 Å². The first-order valence-corrected chi connectivity index (χ1v) is 8.83. The summed E-state index contributed by atoms with van der Waals surface area (Å²) in [5, 5.41) is 10.5. The van der Waals surface area contributed by atoms with Crippen LogP contribution >= 0.6 is 36.6 Å². The number of halogens is 2. The molecule has 3 rings (SSSR count). The topological polar surface area (TPSA) is 96.7 Å². The van der Waals surface area contributed by atoms with E-state index < -0.39 is 0 Å². The molecule has 1 heterocycles. The average molecular weight is 404 g/mol. The standard InChI is InChI=1S/C16H21N5OS.2ClH/c17-13-5-7-14(8-6-13)20-15(22)12-3-1-11(2-4-12)9-23-16-18-10-19-21-16;;/h1-4,10,13-14H,5-9,17H2,(H,20,22)(H,18,19,21);2*1H. The summed E-state index contributed by atoms with van der Waals surface area (Å²) in [5.74, 6) is 0.789. The zero-order chi connectivity index (χ0) is 16.1. The number of nitrogens with one attached hydrogen (secondary N) is 2. The number of amides is 1. The van der Waals surface area contributed by atoms with Gasteiger partial charge in [-0.3, -0.25) is 9.89 Å². The zero-order valence-electron chi connectivity index (χ0n) is 13.7. The predicted molar refractivity (Wildman–Crippen MR) is 105 cm³/mol. The van der Waals surface area contributed by atoms with E-state index in [-0.39, 0.29) is 36.8 Å². The normalized spacial score (nSPS) is 19.4. The van der Waals surface area contributed by atoms with Gasteiger partial charge in [0.15, 0.2) is 5.16 Å². The van der Waals surface area contributed by atoms with Crippen LogP contribution in [-0.2, 0) is 5.75 Å². The van der Waals surface area contributed by atoms with E-state index in [1.54, 1.807) is 11.8 Å². The molecule has 0 saturated heterocycles. The highest BCUT2D eigenvalue weighted by atomic mass is 35.5. The van der Waals surface area contributed by atoms with Gasteiger partial charge in [-0.1, -0.05) is 23.9 Å². The van der Waals surface area contributed by atoms with Crippen molar-refractivity contribution in [3.8, 4) is 0 Å². The van der Waals surface area contributed by atoms with Crippen molar-refractivity contribution in [1.82, 2.24) is 20.5 Å². The van der Waals surface area contributed by atoms with Crippen LogP contribution in [0.25, 0.3) is 0 Å². The second-order valence-corrected chi connectivity index (χ2v) is 6.83. The van der Waals surface area contributed by atoms with Crippen LogP contribution in [0.3, 0.4) is 0 Å². The zero-order valence-corrected chi connectivity index (χ0v) is 16.1. The molecule has 1 amide bonds. The minimum Gasteiger partial charge on any atom is -0.349 e. The highest BCUT2D eigenvalue weighted by Crippen LogP contribution is 2.19. The van der Waals surface area contributed by atoms with Gasteiger partial charge in [0.2, 0.25) is 0 Å². The number of nitrogens with two attached hydrogens (primary N) is 1. The number of H-pyrrole nitrogens is 1. The van der Waals surface area contributed by atoms with E-state index in [1.807, 2.05) is 24.3 Å². The lowest BCUT2D eigenvalue weighted by Gasteiger charge is -2.26. The lowest BCUT2D eigenvalue weighted by molar-refractivity contribution is 0.0926. The molecule has 0 spiro atoms. The first kappa shape index (κ1) is 21.8. The maximum Gasteiger partial charge on any atom is 0.251 e. The van der Waals surface area contributed by atoms with Gasteiger partial charge in [-0.2, -0.15) is 5.10 Å². The molecule has 25 heavy (non-hydrogen) atoms. The van der Waals surface area contributed by atoms with Crippen molar-refractivity contribution < 1.29 is 4.79 Å². The Morgan fingerprint density at radius 1 is 1.20 bits per heavy atom. The van der Waals surface area contributed by atoms with Gasteiger partial charge < -0.3 is 11.1 Å². The molecule has 0 atom stereocenters. The van der Waals surface area contributed by atoms with Crippen LogP contribution in [0.4, 0.5) is 0 Å². The molecule has 1 aromatic heterocycles. The summed E-state index contributed by atoms with van der Waals surface area (Å²) in [6.45, 7) is 0. The number of carbonyl (C=O) groups is 1. The number of aromatic nitrogens is 3. The number of nitrogens with zero attached hydrogens (tertiary/aromatic N) is 2. The van der Waals surface area contributed by atoms with E-state index in [2.05, 4.69) is 20.5 Å². The number of aromatic amines is 1. The molecule has 0 aliphatic heterocycles. The summed E-state index contributed by atoms with van der Waals surface area (Å²) >= 11 is 1.58. The predicted octanol–water partition coefficient (Wildman–Crippen LogP) is 2.94. The first-order valence-electron chi connectivity index (χ1n) is 7.84. The van der Waals surface area contributed by atoms with E-state index in [0.717, 1.165) is 42.2 Å². The van der Waals surface area contributed by atoms with E-state index in [4.69, 9.17) is 5.73 Å². The van der Waals surface area contributed by atoms with Crippen LogP contribution in [0.5, 0.6) is 0 Å². The van der Waals surface area contributed by atoms with Crippen molar-refractivity contribution in [3.05, 3.63) is 41.7 Å². The Balaban J connectivity index is 0.00000156. The summed E-state index contributed by atoms with van der Waals surface area (Å²) in [6.07, 6.45) is 5.41. The maximum atomic E-state index is 12.3. The molecule has 1 saturated carbocycles. The number of hydrogen-bond acceptors (Lipinski definition) is 5. The fourth-order valence-electron chi connectivity index (χ4n) is 2.70. The van der Waals surface area contributed by atoms with Crippen LogP contribution in [0.1, 0.15) is 41.6 Å². The summed E-state index contributed by atoms with van der Waals surface area (Å²) in [5.41, 5.74) is 7.74. The molecule has 0 unspecified atom stereocenters. The molecule has 0 radical (unpaired) electrons. The summed E-state index contributed by atoms with van der Waals surface area (Å²) in [6, 6.07) is 8.26. The van der Waals surface area contributed by atoms with Gasteiger partial charge in [-0.25, -0.2) is 4.98 Å². The van der Waals surface area contributed by atoms with Gasteiger partial charge in [-0.15, -0.1) is 24.8 Å². The number of rotatable bonds is 5. The molecule has 9 heteroatoms. The van der Waals surface area contributed by atoms with E-state index >= 15 is 0 Å². The van der Waals surface area contributed by atoms with Crippen LogP contribution in [0.15, 0.2) is 35.7 Å². The SMILES string of the molecule is Cl.Cl.NC1CCC(NC(=O)c2ccc(CSc3ncn[nH]3)cc2)CC1. The molecule has 2 aromatic rings. The second-order valence-electron chi connectivity index (χ2n) is 5.86. The first-order chi connectivity index (χ1) is 11.2. The molecule has 1 fully saturated rings. The van der Waals surface area contributed by atoms with Crippen LogP contribution in [0, 0.1) is 0 Å². The minimum atomic E-state index is -0.0000842. The average Bonchev–Trinajstić information content (AvgIpc) is 3.09. The molecular formula is C16H23Cl2N5OS. The van der Waals surface area contributed by atoms with Crippen molar-refractivity contribution in [2.24, 2.45) is 5.73 Å². The van der Waals surface area contributed by atoms with Gasteiger partial charge >= 0.3 is 0 Å². The lowest BCUT2D eigenvalue weighted by Crippen LogP contribution is -2.40. The highest BCUT2D eigenvalue weighted by molar-refractivity contribution is 7.98. The van der Waals surface area contributed by atoms with Crippen molar-refractivity contribution in [2.45, 2.75) is 48.7 Å². The highest BCUT2D eigenvalue weighted by Gasteiger charge is 2.20. The number of thioether (sulfide) groups is 1. The van der Waals surface area contributed by atoms with E-state index in [1.165, 1.54) is 6.33 Å². The van der Waals surface area contributed by atoms with E-state index in [9.17, 15) is 4.79 Å². The molecular weight excluding hydrogens is 381 g/mol. The molecule has 0 bridgehead atoms. The second kappa shape index (κ2) is 10.7. The van der Waals surface area contributed by atoms with Gasteiger partial charge in [0.1, 0.15) is 6.33 Å². The smallest absolute Gasteiger partial charge is 0.251 e. The summed E-state index contributed by atoms with van der Waals surface area (Å²) < 4.78 is 0. The quantitative estimate of drug-likeness (QED) is 0.666. The molecule has 1 aromatic carbocycles. The molecule has 1 aliphatic carbocycles. The monoisotopic (exact) mass is 403 g/mol. The Morgan fingerprint density at radius 2 is 1.88 bits per heavy atom. The fourth-order valence-corrected chi connectivity index (χ4v) is 3.43. The van der Waals surface area contributed by atoms with Crippen molar-refractivity contribution >= 4 is 42.5 Å². The molecule has 6 nitrogen and oxygen atoms in total. The number of carbonyl (C=O) groups excluding carboxylic acids is 1. The van der Waals surface area contributed by atoms with Crippen molar-refractivity contribution in [1.29, 1.82) is 0 Å². The largest absolute Gasteiger partial charge is 0.349 e. The van der Waals surface area contributed by atoms with Gasteiger partial charge in [-0.05, 0) is 43.4 Å². The Labute approximate surface area is 163 Å². The minimum absolute atomic E-state index is 0. The Hall–Kier alpha value is -1.28. The number of benzene rings is 1. The third kappa shape index (κ3) is 6.51. The van der Waals surface area contributed by atoms with Crippen LogP contribution < -0.4 is 11.1 Å². The van der Waals surface area contributed by atoms with Gasteiger partial charge in [0.25, 0.3) is 5.91 Å². The molecule has 4 N–H and O–H groups in total. The van der Waals surface area contributed by atoms with E-state index in [0.29, 0.717) is 11.6 Å². The maximum absolute atomic E-state index is 12.3. The summed E-state index contributed by atoms with van der Waals surface area (Å²) in [7, 11) is 0. The van der Waals surface area contributed by atoms with Crippen LogP contribution in [0.2, 0.25) is 0 Å². The lowest BCUT2D eigenvalue weighted by atomic mass is 9.91. The molecule has 1 aliphatic rings. The Morgan fingerprint density at radius 3 is 2.48 bits per heavy atom. The Bertz CT molecular complexity index is 630. The molecule has 138 valence electrons. The third-order valence-corrected chi connectivity index (χ3v) is 5.04. The number of hydrogen-bond donors (Lipinski definition) is 3. The van der Waals surface area contributed by atoms with Crippen molar-refractivity contribution in [3.63, 3.8) is 0 Å².